The van der Waals surface area contributed by atoms with Crippen LogP contribution in [0.4, 0.5) is 5.69 Å². The lowest BCUT2D eigenvalue weighted by Crippen LogP contribution is -2.52. The monoisotopic (exact) mass is 424 g/mol. The van der Waals surface area contributed by atoms with Crippen molar-refractivity contribution >= 4 is 33.1 Å². The van der Waals surface area contributed by atoms with Gasteiger partial charge < -0.3 is 4.90 Å². The van der Waals surface area contributed by atoms with E-state index < -0.39 is 15.4 Å². The van der Waals surface area contributed by atoms with E-state index in [1.54, 1.807) is 4.31 Å². The van der Waals surface area contributed by atoms with Crippen LogP contribution in [0.2, 0.25) is 5.02 Å². The first kappa shape index (κ1) is 20.2. The second-order valence-corrected chi connectivity index (χ2v) is 11.6. The number of anilines is 1. The second-order valence-electron chi connectivity index (χ2n) is 9.24. The maximum atomic E-state index is 13.2. The SMILES string of the molecule is Cc1ccc(N2CCN(S(=O)(=O)C[C@@]34CC[C@@H](CC3=O)C4(C)C)CC2)cc1Cl. The number of benzene rings is 1. The molecule has 2 aliphatic carbocycles. The Labute approximate surface area is 173 Å². The van der Waals surface area contributed by atoms with Crippen LogP contribution in [0.1, 0.15) is 38.7 Å². The van der Waals surface area contributed by atoms with Crippen LogP contribution >= 0.6 is 11.6 Å². The molecule has 0 aromatic heterocycles. The van der Waals surface area contributed by atoms with Gasteiger partial charge in [0.25, 0.3) is 0 Å². The molecular weight excluding hydrogens is 396 g/mol. The molecule has 0 radical (unpaired) electrons. The summed E-state index contributed by atoms with van der Waals surface area (Å²) >= 11 is 6.24. The minimum absolute atomic E-state index is 0.0291. The lowest BCUT2D eigenvalue weighted by atomic mass is 9.70. The Morgan fingerprint density at radius 3 is 2.39 bits per heavy atom. The van der Waals surface area contributed by atoms with E-state index in [9.17, 15) is 13.2 Å². The quantitative estimate of drug-likeness (QED) is 0.742. The van der Waals surface area contributed by atoms with Crippen molar-refractivity contribution in [3.63, 3.8) is 0 Å². The van der Waals surface area contributed by atoms with Crippen molar-refractivity contribution in [2.24, 2.45) is 16.7 Å². The van der Waals surface area contributed by atoms with Crippen LogP contribution in [0.15, 0.2) is 18.2 Å². The molecule has 28 heavy (non-hydrogen) atoms. The van der Waals surface area contributed by atoms with Crippen LogP contribution in [0.5, 0.6) is 0 Å². The standard InChI is InChI=1S/C21H29ClN2O3S/c1-15-4-5-17(13-18(15)22)23-8-10-24(11-9-23)28(26,27)14-21-7-6-16(12-19(21)25)20(21,2)3/h4-5,13,16H,6-12,14H2,1-3H3/t16-,21-/m0/s1. The summed E-state index contributed by atoms with van der Waals surface area (Å²) in [5.74, 6) is 0.460. The fourth-order valence-electron chi connectivity index (χ4n) is 5.51. The lowest BCUT2D eigenvalue weighted by Gasteiger charge is -2.40. The summed E-state index contributed by atoms with van der Waals surface area (Å²) in [6, 6.07) is 5.96. The number of fused-ring (bicyclic) bond motifs is 2. The number of rotatable bonds is 4. The predicted molar refractivity (Wildman–Crippen MR) is 112 cm³/mol. The average Bonchev–Trinajstić information content (AvgIpc) is 2.98. The van der Waals surface area contributed by atoms with E-state index in [0.717, 1.165) is 22.7 Å². The molecule has 0 amide bonds. The first-order chi connectivity index (χ1) is 13.1. The Morgan fingerprint density at radius 1 is 1.18 bits per heavy atom. The number of piperazine rings is 1. The van der Waals surface area contributed by atoms with Crippen molar-refractivity contribution in [3.05, 3.63) is 28.8 Å². The van der Waals surface area contributed by atoms with E-state index in [0.29, 0.717) is 44.9 Å². The molecule has 154 valence electrons. The summed E-state index contributed by atoms with van der Waals surface area (Å²) in [6.45, 7) is 8.30. The fourth-order valence-corrected chi connectivity index (χ4v) is 7.89. The normalized spacial score (nSPS) is 30.2. The first-order valence-corrected chi connectivity index (χ1v) is 12.1. The highest BCUT2D eigenvalue weighted by Crippen LogP contribution is 2.64. The van der Waals surface area contributed by atoms with Gasteiger partial charge in [-0.25, -0.2) is 8.42 Å². The molecule has 0 N–H and O–H groups in total. The van der Waals surface area contributed by atoms with Gasteiger partial charge in [0.2, 0.25) is 10.0 Å². The molecule has 1 aliphatic heterocycles. The number of nitrogens with zero attached hydrogens (tertiary/aromatic N) is 2. The largest absolute Gasteiger partial charge is 0.369 e. The molecule has 3 aliphatic rings. The van der Waals surface area contributed by atoms with Crippen molar-refractivity contribution in [1.29, 1.82) is 0 Å². The highest BCUT2D eigenvalue weighted by Gasteiger charge is 2.65. The smallest absolute Gasteiger partial charge is 0.215 e. The highest BCUT2D eigenvalue weighted by molar-refractivity contribution is 7.89. The molecule has 7 heteroatoms. The number of hydrogen-bond donors (Lipinski definition) is 0. The molecule has 2 bridgehead atoms. The van der Waals surface area contributed by atoms with Crippen molar-refractivity contribution in [2.75, 3.05) is 36.8 Å². The number of ketones is 1. The third-order valence-corrected chi connectivity index (χ3v) is 10.1. The van der Waals surface area contributed by atoms with Gasteiger partial charge >= 0.3 is 0 Å². The second kappa shape index (κ2) is 6.71. The van der Waals surface area contributed by atoms with Crippen molar-refractivity contribution in [2.45, 2.75) is 40.0 Å². The highest BCUT2D eigenvalue weighted by atomic mass is 35.5. The summed E-state index contributed by atoms with van der Waals surface area (Å²) in [5, 5.41) is 0.726. The Hall–Kier alpha value is -1.11. The van der Waals surface area contributed by atoms with E-state index in [1.165, 1.54) is 0 Å². The van der Waals surface area contributed by atoms with Gasteiger partial charge in [-0.2, -0.15) is 4.31 Å². The molecule has 3 fully saturated rings. The van der Waals surface area contributed by atoms with E-state index in [1.807, 2.05) is 25.1 Å². The maximum Gasteiger partial charge on any atom is 0.215 e. The van der Waals surface area contributed by atoms with Gasteiger partial charge in [0, 0.05) is 48.7 Å². The number of halogens is 1. The Kier molecular flexibility index (Phi) is 4.83. The third kappa shape index (κ3) is 2.99. The molecule has 2 saturated carbocycles. The minimum atomic E-state index is -3.48. The summed E-state index contributed by atoms with van der Waals surface area (Å²) in [4.78, 5) is 14.9. The Morgan fingerprint density at radius 2 is 1.86 bits per heavy atom. The molecular formula is C21H29ClN2O3S. The van der Waals surface area contributed by atoms with Crippen LogP contribution in [0, 0.1) is 23.7 Å². The third-order valence-electron chi connectivity index (χ3n) is 7.72. The number of carbonyl (C=O) groups is 1. The molecule has 0 spiro atoms. The number of hydrogen-bond acceptors (Lipinski definition) is 4. The van der Waals surface area contributed by atoms with Crippen LogP contribution in [0.25, 0.3) is 0 Å². The molecule has 5 nitrogen and oxygen atoms in total. The van der Waals surface area contributed by atoms with Gasteiger partial charge in [-0.05, 0) is 48.8 Å². The van der Waals surface area contributed by atoms with Crippen LogP contribution < -0.4 is 4.90 Å². The number of Topliss-reactive ketones (excluding diaryl/α,β-unsaturated/α-hetero) is 1. The van der Waals surface area contributed by atoms with Crippen LogP contribution in [-0.2, 0) is 14.8 Å². The van der Waals surface area contributed by atoms with Gasteiger partial charge in [0.05, 0.1) is 5.75 Å². The van der Waals surface area contributed by atoms with Crippen molar-refractivity contribution < 1.29 is 13.2 Å². The summed E-state index contributed by atoms with van der Waals surface area (Å²) < 4.78 is 28.1. The maximum absolute atomic E-state index is 13.2. The molecule has 2 atom stereocenters. The summed E-state index contributed by atoms with van der Waals surface area (Å²) in [6.07, 6.45) is 2.23. The van der Waals surface area contributed by atoms with Crippen molar-refractivity contribution in [3.8, 4) is 0 Å². The zero-order chi connectivity index (χ0) is 20.3. The molecule has 4 rings (SSSR count). The van der Waals surface area contributed by atoms with Crippen molar-refractivity contribution in [1.82, 2.24) is 4.31 Å². The lowest BCUT2D eigenvalue weighted by molar-refractivity contribution is -0.128. The topological polar surface area (TPSA) is 57.7 Å². The zero-order valence-corrected chi connectivity index (χ0v) is 18.4. The summed E-state index contributed by atoms with van der Waals surface area (Å²) in [5.41, 5.74) is 1.14. The van der Waals surface area contributed by atoms with Gasteiger partial charge in [0.1, 0.15) is 5.78 Å². The van der Waals surface area contributed by atoms with E-state index in [2.05, 4.69) is 18.7 Å². The van der Waals surface area contributed by atoms with E-state index in [-0.39, 0.29) is 17.0 Å². The number of sulfonamides is 1. The minimum Gasteiger partial charge on any atom is -0.369 e. The average molecular weight is 425 g/mol. The van der Waals surface area contributed by atoms with Crippen LogP contribution in [-0.4, -0.2) is 50.4 Å². The van der Waals surface area contributed by atoms with Gasteiger partial charge in [0.15, 0.2) is 0 Å². The van der Waals surface area contributed by atoms with Gasteiger partial charge in [-0.15, -0.1) is 0 Å². The van der Waals surface area contributed by atoms with Gasteiger partial charge in [-0.3, -0.25) is 4.79 Å². The fraction of sp³-hybridized carbons (Fsp3) is 0.667. The molecule has 1 heterocycles. The molecule has 1 saturated heterocycles. The van der Waals surface area contributed by atoms with E-state index in [4.69, 9.17) is 11.6 Å². The number of aryl methyl sites for hydroxylation is 1. The van der Waals surface area contributed by atoms with Gasteiger partial charge in [-0.1, -0.05) is 31.5 Å². The predicted octanol–water partition coefficient (Wildman–Crippen LogP) is 3.50. The molecule has 1 aromatic rings. The first-order valence-electron chi connectivity index (χ1n) is 10.1. The number of carbonyl (C=O) groups excluding carboxylic acids is 1. The summed E-state index contributed by atoms with van der Waals surface area (Å²) in [7, 11) is -3.48. The van der Waals surface area contributed by atoms with E-state index >= 15 is 0 Å². The zero-order valence-electron chi connectivity index (χ0n) is 16.9. The Bertz CT molecular complexity index is 906. The molecule has 1 aromatic carbocycles. The molecule has 0 unspecified atom stereocenters. The van der Waals surface area contributed by atoms with Crippen LogP contribution in [0.3, 0.4) is 0 Å². The Balaban J connectivity index is 1.47.